The third kappa shape index (κ3) is 1.89. The molecular weight excluding hydrogens is 222 g/mol. The third-order valence-electron chi connectivity index (χ3n) is 2.30. The average Bonchev–Trinajstić information content (AvgIpc) is 2.73. The molecule has 0 atom stereocenters. The lowest BCUT2D eigenvalue weighted by atomic mass is 10.3. The Kier molecular flexibility index (Phi) is 2.86. The Morgan fingerprint density at radius 2 is 2.35 bits per heavy atom. The monoisotopic (exact) mass is 233 g/mol. The summed E-state index contributed by atoms with van der Waals surface area (Å²) in [6.07, 6.45) is 2.12. The topological polar surface area (TPSA) is 73.6 Å². The molecule has 0 saturated heterocycles. The number of aryl methyl sites for hydroxylation is 1. The van der Waals surface area contributed by atoms with Crippen LogP contribution in [-0.4, -0.2) is 33.2 Å². The molecule has 0 aliphatic heterocycles. The van der Waals surface area contributed by atoms with Gasteiger partial charge in [0.15, 0.2) is 17.6 Å². The predicted molar refractivity (Wildman–Crippen MR) is 59.1 cm³/mol. The van der Waals surface area contributed by atoms with E-state index in [1.807, 2.05) is 0 Å². The van der Waals surface area contributed by atoms with Gasteiger partial charge < -0.3 is 4.74 Å². The minimum atomic E-state index is -0.537. The van der Waals surface area contributed by atoms with E-state index >= 15 is 0 Å². The quantitative estimate of drug-likeness (QED) is 0.584. The van der Waals surface area contributed by atoms with Crippen LogP contribution >= 0.6 is 0 Å². The molecule has 2 rings (SSSR count). The van der Waals surface area contributed by atoms with E-state index in [1.165, 1.54) is 6.33 Å². The summed E-state index contributed by atoms with van der Waals surface area (Å²) in [5, 5.41) is 0. The van der Waals surface area contributed by atoms with Crippen molar-refractivity contribution >= 4 is 17.9 Å². The van der Waals surface area contributed by atoms with Gasteiger partial charge in [0.25, 0.3) is 0 Å². The fourth-order valence-corrected chi connectivity index (χ4v) is 1.55. The summed E-state index contributed by atoms with van der Waals surface area (Å²) < 4.78 is 6.50. The van der Waals surface area contributed by atoms with Gasteiger partial charge in [0, 0.05) is 5.69 Å². The van der Waals surface area contributed by atoms with Crippen LogP contribution in [-0.2, 0) is 4.74 Å². The molecule has 0 aliphatic rings. The van der Waals surface area contributed by atoms with Crippen molar-refractivity contribution in [1.82, 2.24) is 14.4 Å². The van der Waals surface area contributed by atoms with E-state index < -0.39 is 5.97 Å². The molecule has 88 valence electrons. The van der Waals surface area contributed by atoms with Gasteiger partial charge in [0.2, 0.25) is 0 Å². The van der Waals surface area contributed by atoms with Gasteiger partial charge >= 0.3 is 5.97 Å². The van der Waals surface area contributed by atoms with Crippen molar-refractivity contribution in [2.45, 2.75) is 13.8 Å². The van der Waals surface area contributed by atoms with Crippen LogP contribution in [0.4, 0.5) is 0 Å². The predicted octanol–water partition coefficient (Wildman–Crippen LogP) is 1.03. The molecule has 0 fully saturated rings. The Morgan fingerprint density at radius 3 is 3.00 bits per heavy atom. The molecule has 0 bridgehead atoms. The fourth-order valence-electron chi connectivity index (χ4n) is 1.55. The average molecular weight is 233 g/mol. The number of carbonyl (C=O) groups is 2. The minimum absolute atomic E-state index is 0.124. The Bertz CT molecular complexity index is 589. The van der Waals surface area contributed by atoms with Crippen molar-refractivity contribution in [3.05, 3.63) is 29.5 Å². The summed E-state index contributed by atoms with van der Waals surface area (Å²) in [4.78, 5) is 30.3. The van der Waals surface area contributed by atoms with Gasteiger partial charge in [0.05, 0.1) is 6.61 Å². The summed E-state index contributed by atoms with van der Waals surface area (Å²) in [7, 11) is 0. The van der Waals surface area contributed by atoms with Gasteiger partial charge in [-0.05, 0) is 19.9 Å². The van der Waals surface area contributed by atoms with Gasteiger partial charge in [0.1, 0.15) is 12.0 Å². The van der Waals surface area contributed by atoms with Gasteiger partial charge in [-0.25, -0.2) is 14.8 Å². The molecule has 0 N–H and O–H groups in total. The molecule has 0 unspecified atom stereocenters. The van der Waals surface area contributed by atoms with Crippen molar-refractivity contribution in [2.75, 3.05) is 6.61 Å². The molecule has 17 heavy (non-hydrogen) atoms. The zero-order valence-corrected chi connectivity index (χ0v) is 9.51. The second kappa shape index (κ2) is 4.32. The maximum absolute atomic E-state index is 11.6. The Hall–Kier alpha value is -2.24. The van der Waals surface area contributed by atoms with E-state index in [1.54, 1.807) is 24.3 Å². The number of carbonyl (C=O) groups excluding carboxylic acids is 2. The van der Waals surface area contributed by atoms with Crippen LogP contribution in [0.3, 0.4) is 0 Å². The van der Waals surface area contributed by atoms with E-state index in [0.29, 0.717) is 11.9 Å². The number of rotatable bonds is 3. The molecule has 2 aromatic heterocycles. The lowest BCUT2D eigenvalue weighted by Crippen LogP contribution is -2.07. The Labute approximate surface area is 97.3 Å². The first kappa shape index (κ1) is 11.3. The molecule has 0 aromatic carbocycles. The molecule has 0 amide bonds. The lowest BCUT2D eigenvalue weighted by Gasteiger charge is -2.02. The largest absolute Gasteiger partial charge is 0.461 e. The van der Waals surface area contributed by atoms with Crippen molar-refractivity contribution in [3.8, 4) is 0 Å². The molecular formula is C11H11N3O3. The van der Waals surface area contributed by atoms with E-state index in [2.05, 4.69) is 9.97 Å². The second-order valence-corrected chi connectivity index (χ2v) is 3.45. The number of nitrogens with zero attached hydrogens (tertiary/aromatic N) is 3. The fraction of sp³-hybridized carbons (Fsp3) is 0.273. The van der Waals surface area contributed by atoms with Crippen molar-refractivity contribution < 1.29 is 14.3 Å². The Morgan fingerprint density at radius 1 is 1.59 bits per heavy atom. The van der Waals surface area contributed by atoms with Crippen LogP contribution in [0.5, 0.6) is 0 Å². The van der Waals surface area contributed by atoms with Crippen LogP contribution < -0.4 is 0 Å². The number of esters is 1. The zero-order valence-electron chi connectivity index (χ0n) is 9.51. The Balaban J connectivity index is 2.62. The number of ether oxygens (including phenoxy) is 1. The first-order valence-electron chi connectivity index (χ1n) is 5.14. The van der Waals surface area contributed by atoms with Gasteiger partial charge in [-0.2, -0.15) is 0 Å². The van der Waals surface area contributed by atoms with Crippen LogP contribution in [0.2, 0.25) is 0 Å². The summed E-state index contributed by atoms with van der Waals surface area (Å²) in [5.74, 6) is -0.537. The zero-order chi connectivity index (χ0) is 12.4. The molecule has 2 aromatic rings. The van der Waals surface area contributed by atoms with Crippen molar-refractivity contribution in [2.24, 2.45) is 0 Å². The van der Waals surface area contributed by atoms with E-state index in [9.17, 15) is 9.59 Å². The second-order valence-electron chi connectivity index (χ2n) is 3.45. The lowest BCUT2D eigenvalue weighted by molar-refractivity contribution is 0.0522. The highest BCUT2D eigenvalue weighted by Gasteiger charge is 2.17. The highest BCUT2D eigenvalue weighted by atomic mass is 16.5. The van der Waals surface area contributed by atoms with Crippen LogP contribution in [0, 0.1) is 6.92 Å². The van der Waals surface area contributed by atoms with E-state index in [4.69, 9.17) is 4.74 Å². The summed E-state index contributed by atoms with van der Waals surface area (Å²) in [6.45, 7) is 3.79. The highest BCUT2D eigenvalue weighted by molar-refractivity contribution is 5.94. The smallest absolute Gasteiger partial charge is 0.360 e. The number of imidazole rings is 1. The maximum atomic E-state index is 11.6. The maximum Gasteiger partial charge on any atom is 0.360 e. The van der Waals surface area contributed by atoms with E-state index in [-0.39, 0.29) is 18.0 Å². The van der Waals surface area contributed by atoms with Gasteiger partial charge in [-0.3, -0.25) is 9.20 Å². The molecule has 2 heterocycles. The normalized spacial score (nSPS) is 10.5. The molecule has 0 spiro atoms. The first-order valence-corrected chi connectivity index (χ1v) is 5.14. The van der Waals surface area contributed by atoms with Crippen LogP contribution in [0.1, 0.15) is 33.6 Å². The van der Waals surface area contributed by atoms with Crippen molar-refractivity contribution in [3.63, 3.8) is 0 Å². The van der Waals surface area contributed by atoms with Gasteiger partial charge in [-0.15, -0.1) is 0 Å². The van der Waals surface area contributed by atoms with Gasteiger partial charge in [-0.1, -0.05) is 0 Å². The molecule has 0 radical (unpaired) electrons. The summed E-state index contributed by atoms with van der Waals surface area (Å²) in [6, 6.07) is 1.62. The number of hydrogen-bond donors (Lipinski definition) is 0. The minimum Gasteiger partial charge on any atom is -0.461 e. The molecule has 0 aliphatic carbocycles. The summed E-state index contributed by atoms with van der Waals surface area (Å²) in [5.41, 5.74) is 1.50. The number of aromatic nitrogens is 3. The standard InChI is InChI=1S/C11H11N3O3/c1-3-17-11(16)9-10-13-8(5-15)4-7(2)14(10)6-12-9/h4-6H,3H2,1-2H3. The van der Waals surface area contributed by atoms with Crippen LogP contribution in [0.15, 0.2) is 12.4 Å². The highest BCUT2D eigenvalue weighted by Crippen LogP contribution is 2.12. The van der Waals surface area contributed by atoms with E-state index in [0.717, 1.165) is 5.69 Å². The number of aldehydes is 1. The number of hydrogen-bond acceptors (Lipinski definition) is 5. The number of fused-ring (bicyclic) bond motifs is 1. The molecule has 6 nitrogen and oxygen atoms in total. The van der Waals surface area contributed by atoms with Crippen molar-refractivity contribution in [1.29, 1.82) is 0 Å². The summed E-state index contributed by atoms with van der Waals surface area (Å²) >= 11 is 0. The third-order valence-corrected chi connectivity index (χ3v) is 2.30. The molecule has 6 heteroatoms. The molecule has 0 saturated carbocycles. The first-order chi connectivity index (χ1) is 8.17. The van der Waals surface area contributed by atoms with Crippen LogP contribution in [0.25, 0.3) is 5.65 Å². The SMILES string of the molecule is CCOC(=O)c1ncn2c(C)cc(C=O)nc12.